The zero-order valence-electron chi connectivity index (χ0n) is 7.37. The van der Waals surface area contributed by atoms with Crippen molar-refractivity contribution in [1.29, 1.82) is 0 Å². The van der Waals surface area contributed by atoms with Gasteiger partial charge in [-0.25, -0.2) is 4.79 Å². The Morgan fingerprint density at radius 2 is 1.87 bits per heavy atom. The number of rotatable bonds is 1. The Balaban J connectivity index is 2.63. The van der Waals surface area contributed by atoms with Crippen LogP contribution in [0.3, 0.4) is 0 Å². The van der Waals surface area contributed by atoms with E-state index in [-0.39, 0.29) is 5.95 Å². The van der Waals surface area contributed by atoms with Crippen molar-refractivity contribution >= 4 is 29.2 Å². The van der Waals surface area contributed by atoms with Crippen molar-refractivity contribution in [2.24, 2.45) is 0 Å². The lowest BCUT2D eigenvalue weighted by Gasteiger charge is -2.00. The Bertz CT molecular complexity index is 540. The molecule has 1 aromatic carbocycles. The number of halogens is 2. The van der Waals surface area contributed by atoms with E-state index in [0.29, 0.717) is 15.7 Å². The highest BCUT2D eigenvalue weighted by molar-refractivity contribution is 6.34. The molecule has 15 heavy (non-hydrogen) atoms. The smallest absolute Gasteiger partial charge is 0.349 e. The van der Waals surface area contributed by atoms with E-state index in [9.17, 15) is 4.79 Å². The van der Waals surface area contributed by atoms with E-state index in [2.05, 4.69) is 10.1 Å². The second-order valence-electron chi connectivity index (χ2n) is 2.85. The number of hydrogen-bond donors (Lipinski definition) is 2. The van der Waals surface area contributed by atoms with Gasteiger partial charge < -0.3 is 5.73 Å². The van der Waals surface area contributed by atoms with Crippen molar-refractivity contribution in [3.63, 3.8) is 0 Å². The molecule has 0 atom stereocenters. The Morgan fingerprint density at radius 3 is 2.33 bits per heavy atom. The first-order valence-corrected chi connectivity index (χ1v) is 4.73. The van der Waals surface area contributed by atoms with Gasteiger partial charge in [0.25, 0.3) is 0 Å². The molecule has 2 aromatic rings. The molecule has 0 bridgehead atoms. The zero-order valence-corrected chi connectivity index (χ0v) is 8.88. The molecule has 0 radical (unpaired) electrons. The number of aromatic nitrogens is 3. The van der Waals surface area contributed by atoms with Crippen LogP contribution in [0.25, 0.3) is 5.69 Å². The van der Waals surface area contributed by atoms with Gasteiger partial charge in [0, 0.05) is 10.0 Å². The van der Waals surface area contributed by atoms with Crippen molar-refractivity contribution in [1.82, 2.24) is 14.8 Å². The van der Waals surface area contributed by atoms with E-state index in [1.165, 1.54) is 0 Å². The van der Waals surface area contributed by atoms with Crippen molar-refractivity contribution in [2.75, 3.05) is 5.73 Å². The Hall–Kier alpha value is -1.46. The summed E-state index contributed by atoms with van der Waals surface area (Å²) in [7, 11) is 0. The van der Waals surface area contributed by atoms with Gasteiger partial charge in [0.2, 0.25) is 5.95 Å². The third kappa shape index (κ3) is 1.98. The monoisotopic (exact) mass is 244 g/mol. The molecule has 0 amide bonds. The van der Waals surface area contributed by atoms with Crippen LogP contribution in [0, 0.1) is 0 Å². The van der Waals surface area contributed by atoms with Crippen LogP contribution in [0.1, 0.15) is 0 Å². The van der Waals surface area contributed by atoms with Crippen molar-refractivity contribution < 1.29 is 0 Å². The van der Waals surface area contributed by atoms with Crippen molar-refractivity contribution in [2.45, 2.75) is 0 Å². The predicted molar refractivity (Wildman–Crippen MR) is 58.6 cm³/mol. The molecule has 1 heterocycles. The second kappa shape index (κ2) is 3.60. The fraction of sp³-hybridized carbons (Fsp3) is 0. The van der Waals surface area contributed by atoms with Crippen LogP contribution in [0.4, 0.5) is 5.95 Å². The van der Waals surface area contributed by atoms with Gasteiger partial charge in [-0.05, 0) is 18.2 Å². The number of anilines is 1. The number of nitrogen functional groups attached to an aromatic ring is 1. The van der Waals surface area contributed by atoms with Crippen LogP contribution in [0.15, 0.2) is 23.0 Å². The van der Waals surface area contributed by atoms with Crippen LogP contribution < -0.4 is 11.4 Å². The normalized spacial score (nSPS) is 10.5. The maximum atomic E-state index is 11.3. The zero-order chi connectivity index (χ0) is 11.0. The number of aromatic amines is 1. The first-order valence-electron chi connectivity index (χ1n) is 3.97. The fourth-order valence-electron chi connectivity index (χ4n) is 1.18. The summed E-state index contributed by atoms with van der Waals surface area (Å²) in [5.74, 6) is 0.0381. The number of H-pyrrole nitrogens is 1. The van der Waals surface area contributed by atoms with Crippen LogP contribution >= 0.6 is 23.2 Å². The molecule has 5 nitrogen and oxygen atoms in total. The van der Waals surface area contributed by atoms with Crippen LogP contribution in [-0.2, 0) is 0 Å². The number of nitrogens with zero attached hydrogens (tertiary/aromatic N) is 2. The van der Waals surface area contributed by atoms with E-state index in [1.807, 2.05) is 0 Å². The molecule has 0 aliphatic rings. The first kappa shape index (κ1) is 10.1. The molecular formula is C8H6Cl2N4O. The standard InChI is InChI=1S/C8H6Cl2N4O/c9-4-1-5(10)3-6(2-4)14-8(15)12-7(11)13-14/h1-3H,(H3,11,12,13,15). The second-order valence-corrected chi connectivity index (χ2v) is 3.73. The van der Waals surface area contributed by atoms with Gasteiger partial charge in [-0.15, -0.1) is 5.10 Å². The van der Waals surface area contributed by atoms with Crippen LogP contribution in [0.2, 0.25) is 10.0 Å². The van der Waals surface area contributed by atoms with Gasteiger partial charge in [0.15, 0.2) is 0 Å². The number of hydrogen-bond acceptors (Lipinski definition) is 3. The minimum atomic E-state index is -0.439. The molecule has 0 fully saturated rings. The molecular weight excluding hydrogens is 239 g/mol. The summed E-state index contributed by atoms with van der Waals surface area (Å²) in [5.41, 5.74) is 5.36. The largest absolute Gasteiger partial charge is 0.368 e. The fourth-order valence-corrected chi connectivity index (χ4v) is 1.69. The van der Waals surface area contributed by atoms with E-state index < -0.39 is 5.69 Å². The molecule has 3 N–H and O–H groups in total. The summed E-state index contributed by atoms with van der Waals surface area (Å²) in [6, 6.07) is 4.69. The molecule has 0 aliphatic carbocycles. The van der Waals surface area contributed by atoms with Gasteiger partial charge in [0.05, 0.1) is 5.69 Å². The summed E-state index contributed by atoms with van der Waals surface area (Å²) >= 11 is 11.6. The summed E-state index contributed by atoms with van der Waals surface area (Å²) in [6.45, 7) is 0. The number of benzene rings is 1. The van der Waals surface area contributed by atoms with Crippen molar-refractivity contribution in [3.8, 4) is 5.69 Å². The van der Waals surface area contributed by atoms with Gasteiger partial charge >= 0.3 is 5.69 Å². The number of nitrogens with one attached hydrogen (secondary N) is 1. The molecule has 0 unspecified atom stereocenters. The summed E-state index contributed by atoms with van der Waals surface area (Å²) in [6.07, 6.45) is 0. The highest BCUT2D eigenvalue weighted by atomic mass is 35.5. The lowest BCUT2D eigenvalue weighted by molar-refractivity contribution is 0.846. The first-order chi connectivity index (χ1) is 7.06. The molecule has 78 valence electrons. The van der Waals surface area contributed by atoms with Crippen LogP contribution in [0.5, 0.6) is 0 Å². The third-order valence-corrected chi connectivity index (χ3v) is 2.16. The maximum Gasteiger partial charge on any atom is 0.349 e. The Kier molecular flexibility index (Phi) is 2.42. The molecule has 7 heteroatoms. The van der Waals surface area contributed by atoms with Gasteiger partial charge in [-0.1, -0.05) is 23.2 Å². The Labute approximate surface area is 94.4 Å². The number of nitrogens with two attached hydrogens (primary N) is 1. The van der Waals surface area contributed by atoms with E-state index in [4.69, 9.17) is 28.9 Å². The van der Waals surface area contributed by atoms with Gasteiger partial charge in [0.1, 0.15) is 0 Å². The molecule has 0 spiro atoms. The van der Waals surface area contributed by atoms with Gasteiger partial charge in [-0.3, -0.25) is 4.98 Å². The highest BCUT2D eigenvalue weighted by Crippen LogP contribution is 2.20. The average Bonchev–Trinajstić information content (AvgIpc) is 2.43. The topological polar surface area (TPSA) is 76.7 Å². The molecule has 0 saturated heterocycles. The minimum Gasteiger partial charge on any atom is -0.368 e. The van der Waals surface area contributed by atoms with E-state index >= 15 is 0 Å². The molecule has 1 aromatic heterocycles. The average molecular weight is 245 g/mol. The maximum absolute atomic E-state index is 11.3. The van der Waals surface area contributed by atoms with Gasteiger partial charge in [-0.2, -0.15) is 4.68 Å². The van der Waals surface area contributed by atoms with E-state index in [0.717, 1.165) is 4.68 Å². The SMILES string of the molecule is Nc1nn(-c2cc(Cl)cc(Cl)c2)c(=O)[nH]1. The summed E-state index contributed by atoms with van der Waals surface area (Å²) < 4.78 is 1.09. The van der Waals surface area contributed by atoms with Crippen molar-refractivity contribution in [3.05, 3.63) is 38.7 Å². The van der Waals surface area contributed by atoms with Crippen LogP contribution in [-0.4, -0.2) is 14.8 Å². The predicted octanol–water partition coefficient (Wildman–Crippen LogP) is 1.45. The Morgan fingerprint density at radius 1 is 1.27 bits per heavy atom. The molecule has 2 rings (SSSR count). The van der Waals surface area contributed by atoms with E-state index in [1.54, 1.807) is 18.2 Å². The lowest BCUT2D eigenvalue weighted by atomic mass is 10.3. The summed E-state index contributed by atoms with van der Waals surface area (Å²) in [5, 5.41) is 4.62. The molecule has 0 saturated carbocycles. The minimum absolute atomic E-state index is 0.0381. The highest BCUT2D eigenvalue weighted by Gasteiger charge is 2.06. The molecule has 0 aliphatic heterocycles. The quantitative estimate of drug-likeness (QED) is 0.798. The summed E-state index contributed by atoms with van der Waals surface area (Å²) in [4.78, 5) is 13.7. The third-order valence-electron chi connectivity index (χ3n) is 1.73. The lowest BCUT2D eigenvalue weighted by Crippen LogP contribution is -2.15.